The first-order valence-corrected chi connectivity index (χ1v) is 7.49. The molecule has 0 radical (unpaired) electrons. The summed E-state index contributed by atoms with van der Waals surface area (Å²) >= 11 is 0. The number of nitrogens with two attached hydrogens (primary N) is 1. The fraction of sp³-hybridized carbons (Fsp3) is 0.222. The molecule has 4 nitrogen and oxygen atoms in total. The third-order valence-corrected chi connectivity index (χ3v) is 3.52. The summed E-state index contributed by atoms with van der Waals surface area (Å²) in [7, 11) is 0. The Morgan fingerprint density at radius 1 is 1.09 bits per heavy atom. The molecule has 2 N–H and O–H groups in total. The maximum Gasteiger partial charge on any atom is 0.113 e. The molecule has 0 atom stereocenters. The first-order valence-electron chi connectivity index (χ1n) is 7.49. The molecule has 0 amide bonds. The van der Waals surface area contributed by atoms with Crippen LogP contribution in [0.25, 0.3) is 16.9 Å². The van der Waals surface area contributed by atoms with Crippen LogP contribution in [0.15, 0.2) is 54.7 Å². The second-order valence-electron chi connectivity index (χ2n) is 5.94. The van der Waals surface area contributed by atoms with E-state index in [0.29, 0.717) is 11.6 Å². The lowest BCUT2D eigenvalue weighted by Crippen LogP contribution is -1.95. The first-order chi connectivity index (χ1) is 10.6. The van der Waals surface area contributed by atoms with E-state index in [1.165, 1.54) is 5.56 Å². The van der Waals surface area contributed by atoms with Crippen LogP contribution in [0.3, 0.4) is 0 Å². The number of anilines is 1. The van der Waals surface area contributed by atoms with Gasteiger partial charge in [0.1, 0.15) is 5.69 Å². The highest BCUT2D eigenvalue weighted by Gasteiger charge is 2.06. The lowest BCUT2D eigenvalue weighted by molar-refractivity contribution is 0.647. The van der Waals surface area contributed by atoms with Crippen molar-refractivity contribution in [1.82, 2.24) is 15.0 Å². The van der Waals surface area contributed by atoms with Crippen LogP contribution in [0.5, 0.6) is 0 Å². The van der Waals surface area contributed by atoms with Crippen LogP contribution in [-0.2, 0) is 6.42 Å². The van der Waals surface area contributed by atoms with Gasteiger partial charge in [-0.25, -0.2) is 4.68 Å². The van der Waals surface area contributed by atoms with Crippen molar-refractivity contribution in [3.63, 3.8) is 0 Å². The zero-order valence-electron chi connectivity index (χ0n) is 12.9. The van der Waals surface area contributed by atoms with Gasteiger partial charge in [0, 0.05) is 11.3 Å². The Bertz CT molecular complexity index is 757. The number of nitrogen functional groups attached to an aromatic ring is 1. The highest BCUT2D eigenvalue weighted by atomic mass is 15.4. The molecule has 0 aliphatic rings. The second-order valence-corrected chi connectivity index (χ2v) is 5.94. The minimum absolute atomic E-state index is 0.662. The lowest BCUT2D eigenvalue weighted by atomic mass is 10.0. The van der Waals surface area contributed by atoms with E-state index < -0.39 is 0 Å². The van der Waals surface area contributed by atoms with Gasteiger partial charge in [-0.05, 0) is 36.1 Å². The topological polar surface area (TPSA) is 56.7 Å². The molecule has 0 saturated heterocycles. The number of benzene rings is 2. The SMILES string of the molecule is CC(C)Cc1ccc(-c2cn(-c3cccc(N)c3)nn2)cc1. The maximum absolute atomic E-state index is 5.81. The summed E-state index contributed by atoms with van der Waals surface area (Å²) in [6.07, 6.45) is 3.02. The van der Waals surface area contributed by atoms with Gasteiger partial charge in [0.15, 0.2) is 0 Å². The molecule has 0 aliphatic heterocycles. The van der Waals surface area contributed by atoms with Crippen LogP contribution in [0.1, 0.15) is 19.4 Å². The first kappa shape index (κ1) is 14.3. The summed E-state index contributed by atoms with van der Waals surface area (Å²) in [4.78, 5) is 0. The highest BCUT2D eigenvalue weighted by molar-refractivity contribution is 5.59. The van der Waals surface area contributed by atoms with E-state index in [2.05, 4.69) is 48.4 Å². The summed E-state index contributed by atoms with van der Waals surface area (Å²) in [6, 6.07) is 16.1. The summed E-state index contributed by atoms with van der Waals surface area (Å²) in [5, 5.41) is 8.44. The largest absolute Gasteiger partial charge is 0.399 e. The molecule has 22 heavy (non-hydrogen) atoms. The molecule has 1 aromatic heterocycles. The van der Waals surface area contributed by atoms with Gasteiger partial charge in [-0.2, -0.15) is 0 Å². The second kappa shape index (κ2) is 6.02. The molecule has 112 valence electrons. The third kappa shape index (κ3) is 3.17. The zero-order chi connectivity index (χ0) is 15.5. The number of aromatic nitrogens is 3. The summed E-state index contributed by atoms with van der Waals surface area (Å²) in [5.41, 5.74) is 10.7. The smallest absolute Gasteiger partial charge is 0.113 e. The number of hydrogen-bond donors (Lipinski definition) is 1. The van der Waals surface area contributed by atoms with E-state index in [1.807, 2.05) is 30.5 Å². The normalized spacial score (nSPS) is 11.0. The monoisotopic (exact) mass is 292 g/mol. The van der Waals surface area contributed by atoms with Crippen LogP contribution in [-0.4, -0.2) is 15.0 Å². The Kier molecular flexibility index (Phi) is 3.92. The van der Waals surface area contributed by atoms with E-state index >= 15 is 0 Å². The van der Waals surface area contributed by atoms with Crippen molar-refractivity contribution in [2.75, 3.05) is 5.73 Å². The Hall–Kier alpha value is -2.62. The van der Waals surface area contributed by atoms with E-state index in [0.717, 1.165) is 23.4 Å². The Morgan fingerprint density at radius 3 is 2.55 bits per heavy atom. The fourth-order valence-corrected chi connectivity index (χ4v) is 2.47. The molecule has 0 spiro atoms. The van der Waals surface area contributed by atoms with E-state index in [4.69, 9.17) is 5.73 Å². The Balaban J connectivity index is 1.84. The van der Waals surface area contributed by atoms with Crippen LogP contribution >= 0.6 is 0 Å². The average Bonchev–Trinajstić information content (AvgIpc) is 2.97. The predicted octanol–water partition coefficient (Wildman–Crippen LogP) is 3.72. The van der Waals surface area contributed by atoms with Gasteiger partial charge in [-0.3, -0.25) is 0 Å². The lowest BCUT2D eigenvalue weighted by Gasteiger charge is -2.05. The molecule has 0 bridgehead atoms. The van der Waals surface area contributed by atoms with Crippen molar-refractivity contribution in [3.05, 3.63) is 60.3 Å². The highest BCUT2D eigenvalue weighted by Crippen LogP contribution is 2.20. The van der Waals surface area contributed by atoms with E-state index in [1.54, 1.807) is 4.68 Å². The van der Waals surface area contributed by atoms with Gasteiger partial charge < -0.3 is 5.73 Å². The number of rotatable bonds is 4. The molecule has 0 unspecified atom stereocenters. The van der Waals surface area contributed by atoms with Crippen molar-refractivity contribution >= 4 is 5.69 Å². The summed E-state index contributed by atoms with van der Waals surface area (Å²) in [5.74, 6) is 0.662. The third-order valence-electron chi connectivity index (χ3n) is 3.52. The standard InChI is InChI=1S/C18H20N4/c1-13(2)10-14-6-8-15(9-7-14)18-12-22(21-20-18)17-5-3-4-16(19)11-17/h3-9,11-13H,10,19H2,1-2H3. The predicted molar refractivity (Wildman–Crippen MR) is 89.7 cm³/mol. The number of hydrogen-bond acceptors (Lipinski definition) is 3. The van der Waals surface area contributed by atoms with Gasteiger partial charge >= 0.3 is 0 Å². The molecule has 2 aromatic carbocycles. The summed E-state index contributed by atoms with van der Waals surface area (Å²) in [6.45, 7) is 4.45. The van der Waals surface area contributed by atoms with Crippen LogP contribution in [0.4, 0.5) is 5.69 Å². The van der Waals surface area contributed by atoms with E-state index in [-0.39, 0.29) is 0 Å². The van der Waals surface area contributed by atoms with Crippen LogP contribution in [0.2, 0.25) is 0 Å². The molecular formula is C18H20N4. The zero-order valence-corrected chi connectivity index (χ0v) is 12.9. The van der Waals surface area contributed by atoms with Crippen molar-refractivity contribution in [2.45, 2.75) is 20.3 Å². The molecule has 3 rings (SSSR count). The molecule has 4 heteroatoms. The van der Waals surface area contributed by atoms with Gasteiger partial charge in [-0.15, -0.1) is 5.10 Å². The Morgan fingerprint density at radius 2 is 1.86 bits per heavy atom. The van der Waals surface area contributed by atoms with Crippen molar-refractivity contribution in [3.8, 4) is 16.9 Å². The number of nitrogens with zero attached hydrogens (tertiary/aromatic N) is 3. The van der Waals surface area contributed by atoms with Crippen LogP contribution in [0, 0.1) is 5.92 Å². The Labute approximate surface area is 130 Å². The van der Waals surface area contributed by atoms with Gasteiger partial charge in [0.2, 0.25) is 0 Å². The molecule has 0 saturated carbocycles. The minimum Gasteiger partial charge on any atom is -0.399 e. The van der Waals surface area contributed by atoms with Gasteiger partial charge in [0.05, 0.1) is 11.9 Å². The van der Waals surface area contributed by atoms with Crippen molar-refractivity contribution in [2.24, 2.45) is 5.92 Å². The average molecular weight is 292 g/mol. The van der Waals surface area contributed by atoms with Crippen molar-refractivity contribution in [1.29, 1.82) is 0 Å². The van der Waals surface area contributed by atoms with Crippen LogP contribution < -0.4 is 5.73 Å². The summed E-state index contributed by atoms with van der Waals surface area (Å²) < 4.78 is 1.74. The fourth-order valence-electron chi connectivity index (χ4n) is 2.47. The molecule has 0 fully saturated rings. The van der Waals surface area contributed by atoms with Gasteiger partial charge in [0.25, 0.3) is 0 Å². The van der Waals surface area contributed by atoms with E-state index in [9.17, 15) is 0 Å². The maximum atomic E-state index is 5.81. The molecule has 0 aliphatic carbocycles. The van der Waals surface area contributed by atoms with Gasteiger partial charge in [-0.1, -0.05) is 49.4 Å². The molecule has 1 heterocycles. The molecule has 3 aromatic rings. The van der Waals surface area contributed by atoms with Crippen molar-refractivity contribution < 1.29 is 0 Å². The quantitative estimate of drug-likeness (QED) is 0.746. The molecular weight excluding hydrogens is 272 g/mol. The minimum atomic E-state index is 0.662.